The molecule has 0 bridgehead atoms. The van der Waals surface area contributed by atoms with Crippen molar-refractivity contribution in [3.05, 3.63) is 5.82 Å². The number of hydrogen-bond acceptors (Lipinski definition) is 4. The second-order valence-electron chi connectivity index (χ2n) is 2.82. The van der Waals surface area contributed by atoms with Crippen LogP contribution in [0.3, 0.4) is 0 Å². The van der Waals surface area contributed by atoms with Gasteiger partial charge in [-0.3, -0.25) is 0 Å². The first-order chi connectivity index (χ1) is 5.76. The van der Waals surface area contributed by atoms with E-state index in [9.17, 15) is 0 Å². The summed E-state index contributed by atoms with van der Waals surface area (Å²) in [6.45, 7) is 6.18. The van der Waals surface area contributed by atoms with Crippen LogP contribution in [0.2, 0.25) is 0 Å². The maximum absolute atomic E-state index is 4.96. The van der Waals surface area contributed by atoms with E-state index in [1.165, 1.54) is 0 Å². The first-order valence-electron chi connectivity index (χ1n) is 4.35. The van der Waals surface area contributed by atoms with Gasteiger partial charge in [-0.05, 0) is 13.3 Å². The summed E-state index contributed by atoms with van der Waals surface area (Å²) >= 11 is 0. The average molecular weight is 169 g/mol. The Kier molecular flexibility index (Phi) is 3.08. The number of nitrogens with zero attached hydrogens (tertiary/aromatic N) is 2. The Balaban J connectivity index is 2.52. The van der Waals surface area contributed by atoms with Gasteiger partial charge in [-0.2, -0.15) is 4.98 Å². The highest BCUT2D eigenvalue weighted by Crippen LogP contribution is 2.06. The van der Waals surface area contributed by atoms with Gasteiger partial charge < -0.3 is 9.84 Å². The first-order valence-corrected chi connectivity index (χ1v) is 4.35. The molecule has 0 saturated carbocycles. The summed E-state index contributed by atoms with van der Waals surface area (Å²) in [7, 11) is 0. The zero-order valence-corrected chi connectivity index (χ0v) is 7.79. The van der Waals surface area contributed by atoms with Crippen LogP contribution in [0.25, 0.3) is 0 Å². The predicted octanol–water partition coefficient (Wildman–Crippen LogP) is 1.84. The quantitative estimate of drug-likeness (QED) is 0.747. The fraction of sp³-hybridized carbons (Fsp3) is 0.750. The summed E-state index contributed by atoms with van der Waals surface area (Å²) in [6, 6.07) is 0.913. The number of rotatable bonds is 4. The van der Waals surface area contributed by atoms with Crippen LogP contribution in [-0.4, -0.2) is 16.2 Å². The molecule has 1 aromatic rings. The molecule has 1 atom stereocenters. The van der Waals surface area contributed by atoms with Crippen LogP contribution in [0.5, 0.6) is 0 Å². The Labute approximate surface area is 72.4 Å². The lowest BCUT2D eigenvalue weighted by Crippen LogP contribution is -2.13. The summed E-state index contributed by atoms with van der Waals surface area (Å²) in [5.74, 6) is 0.751. The highest BCUT2D eigenvalue weighted by atomic mass is 16.5. The molecule has 1 rings (SSSR count). The van der Waals surface area contributed by atoms with Crippen LogP contribution in [-0.2, 0) is 6.42 Å². The molecular formula is C8H15N3O. The van der Waals surface area contributed by atoms with Crippen molar-refractivity contribution in [3.8, 4) is 0 Å². The average Bonchev–Trinajstić information content (AvgIpc) is 2.52. The first kappa shape index (κ1) is 9.03. The molecule has 1 unspecified atom stereocenters. The van der Waals surface area contributed by atoms with Crippen LogP contribution in [0, 0.1) is 0 Å². The summed E-state index contributed by atoms with van der Waals surface area (Å²) in [6.07, 6.45) is 1.86. The zero-order chi connectivity index (χ0) is 8.97. The van der Waals surface area contributed by atoms with E-state index < -0.39 is 0 Å². The van der Waals surface area contributed by atoms with Gasteiger partial charge in [0.15, 0.2) is 5.82 Å². The van der Waals surface area contributed by atoms with Gasteiger partial charge in [0.25, 0.3) is 0 Å². The van der Waals surface area contributed by atoms with Crippen LogP contribution < -0.4 is 5.32 Å². The van der Waals surface area contributed by atoms with Crippen molar-refractivity contribution in [2.24, 2.45) is 0 Å². The Morgan fingerprint density at radius 1 is 1.50 bits per heavy atom. The Bertz CT molecular complexity index is 234. The van der Waals surface area contributed by atoms with E-state index in [4.69, 9.17) is 4.52 Å². The molecule has 0 aromatic carbocycles. The van der Waals surface area contributed by atoms with E-state index in [2.05, 4.69) is 29.3 Å². The van der Waals surface area contributed by atoms with Crippen LogP contribution >= 0.6 is 0 Å². The second kappa shape index (κ2) is 4.09. The number of aromatic nitrogens is 2. The number of nitrogens with one attached hydrogen (secondary N) is 1. The fourth-order valence-electron chi connectivity index (χ4n) is 0.769. The number of hydrogen-bond donors (Lipinski definition) is 1. The van der Waals surface area contributed by atoms with E-state index in [1.807, 2.05) is 6.92 Å². The standard InChI is InChI=1S/C8H15N3O/c1-4-6(3)9-8-10-7(5-2)11-12-8/h6H,4-5H2,1-3H3,(H,9,10,11). The van der Waals surface area contributed by atoms with Crippen molar-refractivity contribution < 1.29 is 4.52 Å². The highest BCUT2D eigenvalue weighted by molar-refractivity contribution is 5.19. The summed E-state index contributed by atoms with van der Waals surface area (Å²) < 4.78 is 4.96. The minimum atomic E-state index is 0.384. The molecule has 0 amide bonds. The van der Waals surface area contributed by atoms with Crippen molar-refractivity contribution in [3.63, 3.8) is 0 Å². The van der Waals surface area contributed by atoms with E-state index >= 15 is 0 Å². The molecule has 68 valence electrons. The van der Waals surface area contributed by atoms with Crippen LogP contribution in [0.1, 0.15) is 33.0 Å². The number of aryl methyl sites for hydroxylation is 1. The minimum absolute atomic E-state index is 0.384. The topological polar surface area (TPSA) is 51.0 Å². The van der Waals surface area contributed by atoms with Gasteiger partial charge in [0, 0.05) is 12.5 Å². The summed E-state index contributed by atoms with van der Waals surface area (Å²) in [5.41, 5.74) is 0. The molecule has 4 nitrogen and oxygen atoms in total. The van der Waals surface area contributed by atoms with Gasteiger partial charge in [-0.25, -0.2) is 0 Å². The Hall–Kier alpha value is -1.06. The summed E-state index contributed by atoms with van der Waals surface area (Å²) in [4.78, 5) is 4.13. The van der Waals surface area contributed by atoms with E-state index in [-0.39, 0.29) is 0 Å². The molecule has 0 aliphatic carbocycles. The van der Waals surface area contributed by atoms with E-state index in [1.54, 1.807) is 0 Å². The molecule has 0 saturated heterocycles. The molecule has 0 radical (unpaired) electrons. The van der Waals surface area contributed by atoms with Crippen molar-refractivity contribution >= 4 is 6.01 Å². The van der Waals surface area contributed by atoms with E-state index in [0.29, 0.717) is 12.1 Å². The second-order valence-corrected chi connectivity index (χ2v) is 2.82. The monoisotopic (exact) mass is 169 g/mol. The smallest absolute Gasteiger partial charge is 0.321 e. The molecule has 0 fully saturated rings. The van der Waals surface area contributed by atoms with Crippen molar-refractivity contribution in [1.29, 1.82) is 0 Å². The van der Waals surface area contributed by atoms with Crippen molar-refractivity contribution in [1.82, 2.24) is 10.1 Å². The molecule has 0 aliphatic rings. The Morgan fingerprint density at radius 3 is 2.75 bits per heavy atom. The zero-order valence-electron chi connectivity index (χ0n) is 7.79. The third-order valence-electron chi connectivity index (χ3n) is 1.77. The molecule has 1 N–H and O–H groups in total. The van der Waals surface area contributed by atoms with Gasteiger partial charge in [0.2, 0.25) is 0 Å². The van der Waals surface area contributed by atoms with Crippen LogP contribution in [0.4, 0.5) is 6.01 Å². The van der Waals surface area contributed by atoms with Gasteiger partial charge in [-0.15, -0.1) is 0 Å². The lowest BCUT2D eigenvalue weighted by atomic mass is 10.3. The van der Waals surface area contributed by atoms with Gasteiger partial charge in [0.05, 0.1) is 0 Å². The van der Waals surface area contributed by atoms with Crippen molar-refractivity contribution in [2.75, 3.05) is 5.32 Å². The Morgan fingerprint density at radius 2 is 2.25 bits per heavy atom. The molecule has 12 heavy (non-hydrogen) atoms. The lowest BCUT2D eigenvalue weighted by Gasteiger charge is -2.06. The van der Waals surface area contributed by atoms with Crippen molar-refractivity contribution in [2.45, 2.75) is 39.7 Å². The largest absolute Gasteiger partial charge is 0.335 e. The van der Waals surface area contributed by atoms with Gasteiger partial charge in [-0.1, -0.05) is 19.0 Å². The fourth-order valence-corrected chi connectivity index (χ4v) is 0.769. The minimum Gasteiger partial charge on any atom is -0.335 e. The van der Waals surface area contributed by atoms with E-state index in [0.717, 1.165) is 18.7 Å². The third kappa shape index (κ3) is 2.22. The highest BCUT2D eigenvalue weighted by Gasteiger charge is 2.05. The lowest BCUT2D eigenvalue weighted by molar-refractivity contribution is 0.419. The maximum atomic E-state index is 4.96. The normalized spacial score (nSPS) is 12.9. The molecular weight excluding hydrogens is 154 g/mol. The molecule has 0 aliphatic heterocycles. The van der Waals surface area contributed by atoms with Gasteiger partial charge >= 0.3 is 6.01 Å². The molecule has 1 aromatic heterocycles. The summed E-state index contributed by atoms with van der Waals surface area (Å²) in [5, 5.41) is 6.88. The third-order valence-corrected chi connectivity index (χ3v) is 1.77. The maximum Gasteiger partial charge on any atom is 0.321 e. The van der Waals surface area contributed by atoms with Gasteiger partial charge in [0.1, 0.15) is 0 Å². The predicted molar refractivity (Wildman–Crippen MR) is 47.1 cm³/mol. The van der Waals surface area contributed by atoms with Crippen LogP contribution in [0.15, 0.2) is 4.52 Å². The molecule has 1 heterocycles. The number of anilines is 1. The molecule has 0 spiro atoms. The molecule has 4 heteroatoms. The SMILES string of the molecule is CCc1noc(NC(C)CC)n1.